The zero-order valence-electron chi connectivity index (χ0n) is 80.8. The third kappa shape index (κ3) is 39.3. The number of nitrogens with two attached hydrogens (primary N) is 1. The van der Waals surface area contributed by atoms with Crippen LogP contribution in [0.25, 0.3) is 11.1 Å². The van der Waals surface area contributed by atoms with Gasteiger partial charge in [0.2, 0.25) is 6.79 Å². The Kier molecular flexibility index (Phi) is 46.3. The molecule has 20 nitrogen and oxygen atoms in total. The third-order valence-electron chi connectivity index (χ3n) is 25.2. The third-order valence-corrected chi connectivity index (χ3v) is 32.9. The second-order valence-corrected chi connectivity index (χ2v) is 48.5. The fourth-order valence-corrected chi connectivity index (χ4v) is 20.1. The lowest BCUT2D eigenvalue weighted by molar-refractivity contribution is -0.147. The summed E-state index contributed by atoms with van der Waals surface area (Å²) in [6, 6.07) is 61.7. The SMILES string of the molecule is CCCCCCCCc1ccc(CCC(CCP(=O)(O)O)(CO[Si](C)(C)C(C)(C)C)NC(=O)OCC2c3ccccc3-c3ccccc32)cc1.CCCCCCCCc1ccc(CCC(N)(CO)CC[P+](=O)OCOC(C)=O)cc1.CCCCCCCCc1ccc(CCC2(/C=C/P(=O)(OCc3ccccc3)OCc3ccccc3)COC(C)(C)N2C(=O)OC(C)(C)C)cc1. The van der Waals surface area contributed by atoms with Gasteiger partial charge in [-0.25, -0.2) is 9.59 Å². The van der Waals surface area contributed by atoms with Gasteiger partial charge in [0, 0.05) is 30.6 Å². The lowest BCUT2D eigenvalue weighted by atomic mass is 9.89. The van der Waals surface area contributed by atoms with Crippen molar-refractivity contribution in [3.8, 4) is 11.1 Å². The first-order valence-corrected chi connectivity index (χ1v) is 55.5. The van der Waals surface area contributed by atoms with Crippen LogP contribution in [-0.4, -0.2) is 120 Å². The van der Waals surface area contributed by atoms with Crippen molar-refractivity contribution in [2.24, 2.45) is 5.73 Å². The summed E-state index contributed by atoms with van der Waals surface area (Å²) in [7, 11) is -12.5. The zero-order valence-corrected chi connectivity index (χ0v) is 84.5. The number of aliphatic hydroxyl groups is 1. The molecule has 9 rings (SSSR count). The van der Waals surface area contributed by atoms with Crippen LogP contribution in [0.3, 0.4) is 0 Å². The lowest BCUT2D eigenvalue weighted by Gasteiger charge is -2.42. The Morgan fingerprint density at radius 3 is 1.42 bits per heavy atom. The average molecular weight is 1870 g/mol. The minimum absolute atomic E-state index is 0.0617. The van der Waals surface area contributed by atoms with Crippen LogP contribution < -0.4 is 11.1 Å². The summed E-state index contributed by atoms with van der Waals surface area (Å²) >= 11 is 0. The smallest absolute Gasteiger partial charge is 0.449 e. The van der Waals surface area contributed by atoms with E-state index in [4.69, 9.17) is 37.9 Å². The molecule has 0 radical (unpaired) electrons. The van der Waals surface area contributed by atoms with E-state index in [1.807, 2.05) is 120 Å². The highest BCUT2D eigenvalue weighted by Crippen LogP contribution is 2.54. The van der Waals surface area contributed by atoms with Crippen LogP contribution in [0.1, 0.15) is 292 Å². The van der Waals surface area contributed by atoms with Gasteiger partial charge in [0.1, 0.15) is 17.9 Å². The van der Waals surface area contributed by atoms with Crippen molar-refractivity contribution in [1.82, 2.24) is 10.2 Å². The van der Waals surface area contributed by atoms with Gasteiger partial charge in [-0.2, -0.15) is 0 Å². The van der Waals surface area contributed by atoms with Crippen molar-refractivity contribution in [3.63, 3.8) is 0 Å². The number of benzene rings is 7. The summed E-state index contributed by atoms with van der Waals surface area (Å²) in [6.45, 7) is 28.2. The van der Waals surface area contributed by atoms with Crippen molar-refractivity contribution < 1.29 is 79.9 Å². The molecule has 0 aromatic heterocycles. The number of carbonyl (C=O) groups excluding carboxylic acids is 3. The predicted molar refractivity (Wildman–Crippen MR) is 530 cm³/mol. The minimum Gasteiger partial charge on any atom is -0.449 e. The molecule has 7 aromatic rings. The molecule has 130 heavy (non-hydrogen) atoms. The number of nitrogens with zero attached hydrogens (tertiary/aromatic N) is 1. The largest absolute Gasteiger partial charge is 0.511 e. The van der Waals surface area contributed by atoms with Crippen LogP contribution in [0.5, 0.6) is 0 Å². The predicted octanol–water partition coefficient (Wildman–Crippen LogP) is 26.7. The second kappa shape index (κ2) is 54.9. The highest BCUT2D eigenvalue weighted by molar-refractivity contribution is 7.57. The molecule has 0 spiro atoms. The standard InChI is InChI=1S/C42H58NO6P.C41H60NO6PSi.C23H39NO5P/c1-7-8-9-10-11-14-19-35-24-26-36(27-25-35)28-29-42(34-46-41(5,6)43(42)39(44)49-40(2,3)4)30-31-50(45,47-32-37-20-15-12-16-21-37)48-33-38-22-17-13-18-23-38;1-7-8-9-10-11-12-17-32-22-24-33(25-23-32)26-27-41(28-29-49(44,45)46,31-48-50(5,6)40(2,3)4)42-39(43)47-30-38-36-20-15-13-18-34(36)35-19-14-16-21-37(35)38;1-3-4-5-6-7-8-9-21-10-12-22(13-11-21)14-15-23(24,18-25)16-17-30(27)29-19-28-20(2)26/h12-13,15-18,20-27,30-31H,7-11,14,19,28-29,32-34H2,1-6H3;13-16,18-25,38H,7-12,17,26-31H2,1-6H3,(H,42,43)(H2,44,45,46);10-13,25H,3-9,14-19,24H2,1-2H3/q;;+1/b31-30+;;. The Morgan fingerprint density at radius 2 is 0.985 bits per heavy atom. The van der Waals surface area contributed by atoms with E-state index in [2.05, 4.69) is 162 Å². The maximum Gasteiger partial charge on any atom is 0.511 e. The average Bonchev–Trinajstić information content (AvgIpc) is 1.62. The molecule has 1 aliphatic carbocycles. The molecule has 4 atom stereocenters. The van der Waals surface area contributed by atoms with Gasteiger partial charge in [-0.15, -0.1) is 4.52 Å². The Bertz CT molecular complexity index is 4520. The van der Waals surface area contributed by atoms with Crippen molar-refractivity contribution in [2.75, 3.05) is 45.5 Å². The number of amides is 2. The van der Waals surface area contributed by atoms with Gasteiger partial charge < -0.3 is 58.4 Å². The van der Waals surface area contributed by atoms with Crippen LogP contribution in [0.2, 0.25) is 18.1 Å². The number of ether oxygens (including phenoxy) is 4. The molecule has 0 saturated carbocycles. The molecular formula is C106H157N3O17P3Si+. The van der Waals surface area contributed by atoms with Gasteiger partial charge in [-0.3, -0.25) is 18.8 Å². The Hall–Kier alpha value is -7.29. The Balaban J connectivity index is 0.000000276. The summed E-state index contributed by atoms with van der Waals surface area (Å²) in [6.07, 6.45) is 30.9. The molecule has 1 aliphatic heterocycles. The first kappa shape index (κ1) is 110. The van der Waals surface area contributed by atoms with Crippen LogP contribution >= 0.6 is 23.2 Å². The van der Waals surface area contributed by atoms with E-state index < -0.39 is 77.6 Å². The van der Waals surface area contributed by atoms with Gasteiger partial charge in [-0.1, -0.05) is 320 Å². The Morgan fingerprint density at radius 1 is 0.562 bits per heavy atom. The molecule has 1 saturated heterocycles. The molecule has 4 unspecified atom stereocenters. The fraction of sp³-hybridized carbons (Fsp3) is 0.557. The monoisotopic (exact) mass is 1870 g/mol. The molecule has 1 heterocycles. The van der Waals surface area contributed by atoms with E-state index in [1.54, 1.807) is 11.0 Å². The quantitative estimate of drug-likeness (QED) is 0.00592. The number of alkyl carbamates (subject to hydrolysis) is 1. The molecule has 6 N–H and O–H groups in total. The normalized spacial score (nSPS) is 15.6. The number of unbranched alkanes of at least 4 members (excludes halogenated alkanes) is 15. The zero-order chi connectivity index (χ0) is 94.8. The highest BCUT2D eigenvalue weighted by Gasteiger charge is 2.55. The summed E-state index contributed by atoms with van der Waals surface area (Å²) < 4.78 is 85.2. The minimum atomic E-state index is -4.37. The molecule has 716 valence electrons. The number of nitrogens with one attached hydrogen (secondary N) is 1. The number of carbonyl (C=O) groups is 3. The lowest BCUT2D eigenvalue weighted by Crippen LogP contribution is -2.56. The number of rotatable bonds is 54. The summed E-state index contributed by atoms with van der Waals surface area (Å²) in [5.41, 5.74) is 15.5. The van der Waals surface area contributed by atoms with E-state index in [9.17, 15) is 43.0 Å². The van der Waals surface area contributed by atoms with E-state index >= 15 is 0 Å². The van der Waals surface area contributed by atoms with Crippen LogP contribution in [-0.2, 0) is 107 Å². The van der Waals surface area contributed by atoms with Crippen molar-refractivity contribution in [3.05, 3.63) is 250 Å². The maximum atomic E-state index is 14.5. The van der Waals surface area contributed by atoms with Crippen LogP contribution in [0, 0.1) is 0 Å². The van der Waals surface area contributed by atoms with Gasteiger partial charge >= 0.3 is 41.4 Å². The molecule has 2 aliphatic rings. The van der Waals surface area contributed by atoms with Gasteiger partial charge in [0.15, 0.2) is 14.5 Å². The van der Waals surface area contributed by atoms with Crippen LogP contribution in [0.4, 0.5) is 9.59 Å². The number of aliphatic hydroxyl groups excluding tert-OH is 1. The highest BCUT2D eigenvalue weighted by atomic mass is 31.2. The molecule has 7 aromatic carbocycles. The van der Waals surface area contributed by atoms with Crippen molar-refractivity contribution >= 4 is 49.7 Å². The fourth-order valence-electron chi connectivity index (χ4n) is 16.0. The van der Waals surface area contributed by atoms with E-state index in [-0.39, 0.29) is 76.1 Å². The number of fused-ring (bicyclic) bond motifs is 3. The molecular weight excluding hydrogens is 1710 g/mol. The molecule has 2 amide bonds. The molecule has 1 fully saturated rings. The van der Waals surface area contributed by atoms with E-state index in [0.717, 1.165) is 70.2 Å². The number of aryl methyl sites for hydroxylation is 6. The second-order valence-electron chi connectivity index (χ2n) is 38.7. The van der Waals surface area contributed by atoms with Crippen molar-refractivity contribution in [1.29, 1.82) is 0 Å². The van der Waals surface area contributed by atoms with E-state index in [1.165, 1.54) is 151 Å². The summed E-state index contributed by atoms with van der Waals surface area (Å²) in [5.74, 6) is 0.931. The van der Waals surface area contributed by atoms with Gasteiger partial charge in [0.05, 0.1) is 50.3 Å². The summed E-state index contributed by atoms with van der Waals surface area (Å²) in [4.78, 5) is 60.0. The molecule has 24 heteroatoms. The maximum absolute atomic E-state index is 14.5. The van der Waals surface area contributed by atoms with Gasteiger partial charge in [-0.05, 0) is 214 Å². The Labute approximate surface area is 781 Å². The van der Waals surface area contributed by atoms with Crippen LogP contribution in [0.15, 0.2) is 194 Å². The number of hydrogen-bond donors (Lipinski definition) is 5. The first-order valence-electron chi connectivity index (χ1n) is 47.8. The number of hydrogen-bond acceptors (Lipinski definition) is 16. The van der Waals surface area contributed by atoms with Crippen molar-refractivity contribution in [2.45, 2.75) is 334 Å². The topological polar surface area (TPSA) is 278 Å². The summed E-state index contributed by atoms with van der Waals surface area (Å²) in [5, 5.41) is 12.8. The number of esters is 1. The molecule has 0 bridgehead atoms. The first-order chi connectivity index (χ1) is 61.8. The van der Waals surface area contributed by atoms with E-state index in [0.29, 0.717) is 38.5 Å². The van der Waals surface area contributed by atoms with Gasteiger partial charge in [0.25, 0.3) is 0 Å².